The average Bonchev–Trinajstić information content (AvgIpc) is 3.38. The quantitative estimate of drug-likeness (QED) is 0.539. The van der Waals surface area contributed by atoms with Gasteiger partial charge in [0.05, 0.1) is 5.69 Å². The number of hydrogen-bond acceptors (Lipinski definition) is 6. The third kappa shape index (κ3) is 5.54. The molecular formula is C29H37N3O5. The first-order valence-electron chi connectivity index (χ1n) is 13.3. The molecule has 8 nitrogen and oxygen atoms in total. The number of carbonyl (C=O) groups is 2. The molecule has 1 fully saturated rings. The number of carbonyl (C=O) groups excluding carboxylic acids is 2. The van der Waals surface area contributed by atoms with Crippen molar-refractivity contribution in [3.8, 4) is 17.2 Å². The highest BCUT2D eigenvalue weighted by atomic mass is 16.7. The molecule has 0 bridgehead atoms. The number of rotatable bonds is 8. The number of amides is 2. The van der Waals surface area contributed by atoms with Gasteiger partial charge in [-0.2, -0.15) is 0 Å². The lowest BCUT2D eigenvalue weighted by Gasteiger charge is -2.35. The molecule has 2 aromatic rings. The largest absolute Gasteiger partial charge is 0.482 e. The summed E-state index contributed by atoms with van der Waals surface area (Å²) >= 11 is 0. The van der Waals surface area contributed by atoms with Gasteiger partial charge in [0.25, 0.3) is 5.91 Å². The van der Waals surface area contributed by atoms with Crippen molar-refractivity contribution < 1.29 is 23.8 Å². The van der Waals surface area contributed by atoms with Crippen molar-refractivity contribution in [2.45, 2.75) is 52.0 Å². The van der Waals surface area contributed by atoms with Crippen LogP contribution in [0.15, 0.2) is 36.4 Å². The van der Waals surface area contributed by atoms with E-state index in [0.29, 0.717) is 19.4 Å². The maximum Gasteiger partial charge on any atom is 0.265 e. The Hall–Kier alpha value is -3.26. The zero-order valence-electron chi connectivity index (χ0n) is 22.1. The SMILES string of the molecule is CCC(C)(C)c1ccc2c(c1)N(CCCC(=O)N1CCN(Cc3ccc4c(c3)OCO4)CC1)C(=O)CO2. The van der Waals surface area contributed by atoms with E-state index in [9.17, 15) is 9.59 Å². The molecule has 0 aromatic heterocycles. The van der Waals surface area contributed by atoms with Crippen LogP contribution in [-0.4, -0.2) is 67.7 Å². The number of fused-ring (bicyclic) bond motifs is 2. The van der Waals surface area contributed by atoms with Gasteiger partial charge in [0.15, 0.2) is 18.1 Å². The highest BCUT2D eigenvalue weighted by Crippen LogP contribution is 2.38. The lowest BCUT2D eigenvalue weighted by molar-refractivity contribution is -0.133. The van der Waals surface area contributed by atoms with Crippen LogP contribution >= 0.6 is 0 Å². The first-order chi connectivity index (χ1) is 17.8. The van der Waals surface area contributed by atoms with Gasteiger partial charge >= 0.3 is 0 Å². The summed E-state index contributed by atoms with van der Waals surface area (Å²) in [6, 6.07) is 12.2. The van der Waals surface area contributed by atoms with Crippen LogP contribution in [0.5, 0.6) is 17.2 Å². The summed E-state index contributed by atoms with van der Waals surface area (Å²) in [5.41, 5.74) is 3.21. The van der Waals surface area contributed by atoms with Crippen LogP contribution in [0, 0.1) is 0 Å². The van der Waals surface area contributed by atoms with E-state index in [1.165, 1.54) is 11.1 Å². The molecule has 8 heteroatoms. The fourth-order valence-corrected chi connectivity index (χ4v) is 5.07. The van der Waals surface area contributed by atoms with Gasteiger partial charge in [-0.15, -0.1) is 0 Å². The Bertz CT molecular complexity index is 1160. The van der Waals surface area contributed by atoms with E-state index < -0.39 is 0 Å². The predicted octanol–water partition coefficient (Wildman–Crippen LogP) is 3.95. The number of ether oxygens (including phenoxy) is 3. The van der Waals surface area contributed by atoms with Gasteiger partial charge < -0.3 is 24.0 Å². The van der Waals surface area contributed by atoms with Crippen LogP contribution in [0.1, 0.15) is 51.2 Å². The van der Waals surface area contributed by atoms with Crippen molar-refractivity contribution in [3.63, 3.8) is 0 Å². The Balaban J connectivity index is 1.11. The van der Waals surface area contributed by atoms with Gasteiger partial charge in [-0.05, 0) is 53.6 Å². The summed E-state index contributed by atoms with van der Waals surface area (Å²) in [6.45, 7) is 11.4. The average molecular weight is 508 g/mol. The van der Waals surface area contributed by atoms with Gasteiger partial charge in [0.2, 0.25) is 12.7 Å². The van der Waals surface area contributed by atoms with E-state index in [-0.39, 0.29) is 30.6 Å². The molecule has 0 N–H and O–H groups in total. The van der Waals surface area contributed by atoms with Crippen LogP contribution in [0.3, 0.4) is 0 Å². The van der Waals surface area contributed by atoms with Gasteiger partial charge in [-0.3, -0.25) is 14.5 Å². The van der Waals surface area contributed by atoms with Crippen molar-refractivity contribution in [3.05, 3.63) is 47.5 Å². The van der Waals surface area contributed by atoms with Crippen molar-refractivity contribution in [2.75, 3.05) is 51.0 Å². The molecule has 1 saturated heterocycles. The number of benzene rings is 2. The van der Waals surface area contributed by atoms with E-state index in [1.54, 1.807) is 4.90 Å². The lowest BCUT2D eigenvalue weighted by Crippen LogP contribution is -2.48. The topological polar surface area (TPSA) is 71.6 Å². The van der Waals surface area contributed by atoms with Crippen molar-refractivity contribution in [1.29, 1.82) is 0 Å². The molecule has 0 unspecified atom stereocenters. The second-order valence-electron chi connectivity index (χ2n) is 10.7. The van der Waals surface area contributed by atoms with E-state index in [0.717, 1.165) is 62.1 Å². The summed E-state index contributed by atoms with van der Waals surface area (Å²) in [5.74, 6) is 2.44. The summed E-state index contributed by atoms with van der Waals surface area (Å²) in [5, 5.41) is 0. The molecule has 0 atom stereocenters. The second kappa shape index (κ2) is 10.6. The second-order valence-corrected chi connectivity index (χ2v) is 10.7. The molecule has 0 radical (unpaired) electrons. The summed E-state index contributed by atoms with van der Waals surface area (Å²) in [6.07, 6.45) is 2.06. The van der Waals surface area contributed by atoms with Gasteiger partial charge in [-0.1, -0.05) is 32.9 Å². The van der Waals surface area contributed by atoms with E-state index >= 15 is 0 Å². The molecule has 3 heterocycles. The number of anilines is 1. The van der Waals surface area contributed by atoms with Crippen LogP contribution < -0.4 is 19.1 Å². The van der Waals surface area contributed by atoms with Crippen LogP contribution in [0.25, 0.3) is 0 Å². The minimum atomic E-state index is -0.0523. The molecule has 2 amide bonds. The molecule has 0 spiro atoms. The summed E-state index contributed by atoms with van der Waals surface area (Å²) < 4.78 is 16.6. The maximum atomic E-state index is 12.9. The van der Waals surface area contributed by atoms with Crippen molar-refractivity contribution in [2.24, 2.45) is 0 Å². The summed E-state index contributed by atoms with van der Waals surface area (Å²) in [7, 11) is 0. The third-order valence-corrected chi connectivity index (χ3v) is 7.91. The summed E-state index contributed by atoms with van der Waals surface area (Å²) in [4.78, 5) is 31.7. The number of nitrogens with zero attached hydrogens (tertiary/aromatic N) is 3. The van der Waals surface area contributed by atoms with Gasteiger partial charge in [0.1, 0.15) is 5.75 Å². The maximum absolute atomic E-state index is 12.9. The minimum absolute atomic E-state index is 0.0159. The first kappa shape index (κ1) is 25.4. The number of hydrogen-bond donors (Lipinski definition) is 0. The van der Waals surface area contributed by atoms with E-state index in [1.807, 2.05) is 23.1 Å². The standard InChI is InChI=1S/C29H37N3O5/c1-4-29(2,3)22-8-10-24-23(17-22)32(28(34)19-35-24)11-5-6-27(33)31-14-12-30(13-15-31)18-21-7-9-25-26(16-21)37-20-36-25/h7-10,16-17H,4-6,11-15,18-20H2,1-3H3. The Kier molecular flexibility index (Phi) is 7.29. The van der Waals surface area contributed by atoms with E-state index in [4.69, 9.17) is 14.2 Å². The molecule has 37 heavy (non-hydrogen) atoms. The van der Waals surface area contributed by atoms with Crippen LogP contribution in [-0.2, 0) is 21.5 Å². The molecule has 3 aliphatic rings. The minimum Gasteiger partial charge on any atom is -0.482 e. The van der Waals surface area contributed by atoms with Gasteiger partial charge in [-0.25, -0.2) is 0 Å². The van der Waals surface area contributed by atoms with Crippen LogP contribution in [0.4, 0.5) is 5.69 Å². The fourth-order valence-electron chi connectivity index (χ4n) is 5.07. The molecule has 2 aromatic carbocycles. The smallest absolute Gasteiger partial charge is 0.265 e. The molecule has 5 rings (SSSR count). The molecule has 198 valence electrons. The Morgan fingerprint density at radius 3 is 2.49 bits per heavy atom. The number of piperazine rings is 1. The molecule has 3 aliphatic heterocycles. The fraction of sp³-hybridized carbons (Fsp3) is 0.517. The first-order valence-corrected chi connectivity index (χ1v) is 13.3. The highest BCUT2D eigenvalue weighted by Gasteiger charge is 2.29. The Morgan fingerprint density at radius 2 is 1.70 bits per heavy atom. The molecule has 0 saturated carbocycles. The van der Waals surface area contributed by atoms with E-state index in [2.05, 4.69) is 43.9 Å². The zero-order valence-corrected chi connectivity index (χ0v) is 22.1. The normalized spacial score (nSPS) is 17.5. The molecular weight excluding hydrogens is 470 g/mol. The van der Waals surface area contributed by atoms with Crippen LogP contribution in [0.2, 0.25) is 0 Å². The van der Waals surface area contributed by atoms with Gasteiger partial charge in [0, 0.05) is 45.7 Å². The predicted molar refractivity (Wildman–Crippen MR) is 141 cm³/mol. The monoisotopic (exact) mass is 507 g/mol. The zero-order chi connectivity index (χ0) is 26.0. The Labute approximate surface area is 219 Å². The third-order valence-electron chi connectivity index (χ3n) is 7.91. The highest BCUT2D eigenvalue weighted by molar-refractivity contribution is 5.98. The molecule has 0 aliphatic carbocycles. The lowest BCUT2D eigenvalue weighted by atomic mass is 9.82. The Morgan fingerprint density at radius 1 is 0.946 bits per heavy atom. The van der Waals surface area contributed by atoms with Crippen molar-refractivity contribution >= 4 is 17.5 Å². The van der Waals surface area contributed by atoms with Crippen molar-refractivity contribution in [1.82, 2.24) is 9.80 Å².